The Balaban J connectivity index is 1.61. The summed E-state index contributed by atoms with van der Waals surface area (Å²) in [5.74, 6) is 0.229. The Morgan fingerprint density at radius 1 is 1.33 bits per heavy atom. The highest BCUT2D eigenvalue weighted by Crippen LogP contribution is 2.41. The standard InChI is InChI=1S/C22H23Cl2N3O2S/c1-22(2,3)12-7-8-13-16(9-12)30-20-18(13)21(29)27(11-25-20)10-17(28)26-15-6-4-5-14(23)19(15)24/h4-6,11-12H,7-10H2,1-3H3,(H,26,28). The summed E-state index contributed by atoms with van der Waals surface area (Å²) in [5, 5.41) is 4.01. The van der Waals surface area contributed by atoms with Crippen LogP contribution in [0.4, 0.5) is 5.69 Å². The van der Waals surface area contributed by atoms with E-state index in [1.54, 1.807) is 29.5 Å². The van der Waals surface area contributed by atoms with E-state index in [9.17, 15) is 9.59 Å². The van der Waals surface area contributed by atoms with Crippen molar-refractivity contribution in [3.05, 3.63) is 55.4 Å². The number of carbonyl (C=O) groups excluding carboxylic acids is 1. The predicted octanol–water partition coefficient (Wildman–Crippen LogP) is 5.55. The number of nitrogens with one attached hydrogen (secondary N) is 1. The molecule has 1 aromatic carbocycles. The van der Waals surface area contributed by atoms with E-state index in [4.69, 9.17) is 23.2 Å². The van der Waals surface area contributed by atoms with Crippen LogP contribution in [0.3, 0.4) is 0 Å². The van der Waals surface area contributed by atoms with Crippen molar-refractivity contribution in [3.8, 4) is 0 Å². The molecule has 2 aromatic heterocycles. The molecule has 5 nitrogen and oxygen atoms in total. The number of nitrogens with zero attached hydrogens (tertiary/aromatic N) is 2. The molecule has 0 aliphatic heterocycles. The van der Waals surface area contributed by atoms with Crippen molar-refractivity contribution in [3.63, 3.8) is 0 Å². The molecular formula is C22H23Cl2N3O2S. The lowest BCUT2D eigenvalue weighted by atomic mass is 9.72. The van der Waals surface area contributed by atoms with Gasteiger partial charge < -0.3 is 5.32 Å². The number of rotatable bonds is 3. The summed E-state index contributed by atoms with van der Waals surface area (Å²) in [6, 6.07) is 5.01. The molecule has 4 rings (SSSR count). The van der Waals surface area contributed by atoms with Crippen LogP contribution in [-0.2, 0) is 24.2 Å². The van der Waals surface area contributed by atoms with E-state index in [1.165, 1.54) is 15.8 Å². The summed E-state index contributed by atoms with van der Waals surface area (Å²) in [7, 11) is 0. The molecule has 0 saturated carbocycles. The minimum absolute atomic E-state index is 0.139. The largest absolute Gasteiger partial charge is 0.323 e. The number of aryl methyl sites for hydroxylation is 1. The molecule has 0 radical (unpaired) electrons. The first-order valence-electron chi connectivity index (χ1n) is 9.88. The Kier molecular flexibility index (Phi) is 5.68. The van der Waals surface area contributed by atoms with Crippen LogP contribution in [0.25, 0.3) is 10.2 Å². The number of anilines is 1. The van der Waals surface area contributed by atoms with E-state index in [0.717, 1.165) is 29.7 Å². The first kappa shape index (κ1) is 21.3. The summed E-state index contributed by atoms with van der Waals surface area (Å²) >= 11 is 13.7. The van der Waals surface area contributed by atoms with Crippen LogP contribution in [-0.4, -0.2) is 15.5 Å². The third-order valence-corrected chi connectivity index (χ3v) is 7.78. The maximum Gasteiger partial charge on any atom is 0.262 e. The number of hydrogen-bond donors (Lipinski definition) is 1. The Hall–Kier alpha value is -1.89. The van der Waals surface area contributed by atoms with E-state index in [1.807, 2.05) is 0 Å². The molecule has 1 aliphatic carbocycles. The number of amides is 1. The lowest BCUT2D eigenvalue weighted by Gasteiger charge is -2.33. The lowest BCUT2D eigenvalue weighted by molar-refractivity contribution is -0.116. The Morgan fingerprint density at radius 2 is 2.10 bits per heavy atom. The smallest absolute Gasteiger partial charge is 0.262 e. The normalized spacial score (nSPS) is 16.5. The highest BCUT2D eigenvalue weighted by atomic mass is 35.5. The van der Waals surface area contributed by atoms with Gasteiger partial charge in [0.2, 0.25) is 5.91 Å². The van der Waals surface area contributed by atoms with E-state index in [2.05, 4.69) is 31.1 Å². The van der Waals surface area contributed by atoms with Crippen LogP contribution in [0, 0.1) is 11.3 Å². The Labute approximate surface area is 189 Å². The van der Waals surface area contributed by atoms with Gasteiger partial charge in [-0.25, -0.2) is 4.98 Å². The van der Waals surface area contributed by atoms with Gasteiger partial charge in [0, 0.05) is 4.88 Å². The molecule has 8 heteroatoms. The second kappa shape index (κ2) is 7.98. The summed E-state index contributed by atoms with van der Waals surface area (Å²) in [4.78, 5) is 32.2. The zero-order valence-electron chi connectivity index (χ0n) is 17.1. The molecule has 1 atom stereocenters. The van der Waals surface area contributed by atoms with Crippen LogP contribution < -0.4 is 10.9 Å². The topological polar surface area (TPSA) is 64.0 Å². The molecule has 1 aliphatic rings. The van der Waals surface area contributed by atoms with E-state index >= 15 is 0 Å². The van der Waals surface area contributed by atoms with Crippen LogP contribution in [0.2, 0.25) is 10.0 Å². The van der Waals surface area contributed by atoms with E-state index in [-0.39, 0.29) is 28.4 Å². The predicted molar refractivity (Wildman–Crippen MR) is 124 cm³/mol. The summed E-state index contributed by atoms with van der Waals surface area (Å²) in [6.45, 7) is 6.67. The van der Waals surface area contributed by atoms with Gasteiger partial charge in [0.05, 0.1) is 27.4 Å². The van der Waals surface area contributed by atoms with Crippen molar-refractivity contribution in [1.29, 1.82) is 0 Å². The van der Waals surface area contributed by atoms with Gasteiger partial charge >= 0.3 is 0 Å². The molecule has 1 N–H and O–H groups in total. The molecule has 1 amide bonds. The molecule has 30 heavy (non-hydrogen) atoms. The second-order valence-electron chi connectivity index (χ2n) is 8.82. The Morgan fingerprint density at radius 3 is 2.83 bits per heavy atom. The molecule has 158 valence electrons. The minimum atomic E-state index is -0.362. The van der Waals surface area contributed by atoms with E-state index in [0.29, 0.717) is 22.0 Å². The molecule has 0 spiro atoms. The number of benzene rings is 1. The fourth-order valence-corrected chi connectivity index (χ4v) is 5.60. The highest BCUT2D eigenvalue weighted by molar-refractivity contribution is 7.18. The van der Waals surface area contributed by atoms with Crippen LogP contribution in [0.5, 0.6) is 0 Å². The zero-order valence-corrected chi connectivity index (χ0v) is 19.4. The maximum atomic E-state index is 13.2. The monoisotopic (exact) mass is 463 g/mol. The van der Waals surface area contributed by atoms with Gasteiger partial charge in [0.25, 0.3) is 5.56 Å². The fourth-order valence-electron chi connectivity index (χ4n) is 4.00. The van der Waals surface area contributed by atoms with Crippen molar-refractivity contribution in [1.82, 2.24) is 9.55 Å². The van der Waals surface area contributed by atoms with Crippen LogP contribution in [0.15, 0.2) is 29.3 Å². The molecule has 0 fully saturated rings. The van der Waals surface area contributed by atoms with Crippen molar-refractivity contribution >= 4 is 56.3 Å². The first-order chi connectivity index (χ1) is 14.1. The lowest BCUT2D eigenvalue weighted by Crippen LogP contribution is -2.29. The van der Waals surface area contributed by atoms with Gasteiger partial charge in [-0.1, -0.05) is 50.0 Å². The highest BCUT2D eigenvalue weighted by Gasteiger charge is 2.31. The molecule has 2 heterocycles. The van der Waals surface area contributed by atoms with Gasteiger partial charge in [-0.05, 0) is 48.3 Å². The number of carbonyl (C=O) groups is 1. The molecule has 1 unspecified atom stereocenters. The third kappa shape index (κ3) is 4.01. The maximum absolute atomic E-state index is 13.2. The van der Waals surface area contributed by atoms with Crippen molar-refractivity contribution < 1.29 is 4.79 Å². The second-order valence-corrected chi connectivity index (χ2v) is 10.7. The molecule has 0 bridgehead atoms. The quantitative estimate of drug-likeness (QED) is 0.553. The molecule has 3 aromatic rings. The molecule has 0 saturated heterocycles. The number of thiophene rings is 1. The first-order valence-corrected chi connectivity index (χ1v) is 11.5. The van der Waals surface area contributed by atoms with Gasteiger partial charge in [-0.15, -0.1) is 11.3 Å². The van der Waals surface area contributed by atoms with Gasteiger partial charge in [0.1, 0.15) is 11.4 Å². The number of halogens is 2. The number of fused-ring (bicyclic) bond motifs is 3. The van der Waals surface area contributed by atoms with Gasteiger partial charge in [-0.3, -0.25) is 14.2 Å². The van der Waals surface area contributed by atoms with Gasteiger partial charge in [0.15, 0.2) is 0 Å². The summed E-state index contributed by atoms with van der Waals surface area (Å²) < 4.78 is 1.36. The average molecular weight is 464 g/mol. The number of hydrogen-bond acceptors (Lipinski definition) is 4. The molecular weight excluding hydrogens is 441 g/mol. The van der Waals surface area contributed by atoms with Gasteiger partial charge in [-0.2, -0.15) is 0 Å². The fraction of sp³-hybridized carbons (Fsp3) is 0.409. The Bertz CT molecular complexity index is 1190. The SMILES string of the molecule is CC(C)(C)C1CCc2c(sc3ncn(CC(=O)Nc4cccc(Cl)c4Cl)c(=O)c23)C1. The summed E-state index contributed by atoms with van der Waals surface area (Å²) in [6.07, 6.45) is 4.37. The van der Waals surface area contributed by atoms with E-state index < -0.39 is 0 Å². The average Bonchev–Trinajstić information content (AvgIpc) is 3.05. The van der Waals surface area contributed by atoms with Crippen molar-refractivity contribution in [2.24, 2.45) is 11.3 Å². The number of aromatic nitrogens is 2. The van der Waals surface area contributed by atoms with Crippen LogP contribution >= 0.6 is 34.5 Å². The van der Waals surface area contributed by atoms with Crippen molar-refractivity contribution in [2.45, 2.75) is 46.6 Å². The van der Waals surface area contributed by atoms with Crippen LogP contribution in [0.1, 0.15) is 37.6 Å². The third-order valence-electron chi connectivity index (χ3n) is 5.80. The zero-order chi connectivity index (χ0) is 21.6. The van der Waals surface area contributed by atoms with Crippen molar-refractivity contribution in [2.75, 3.05) is 5.32 Å². The minimum Gasteiger partial charge on any atom is -0.323 e. The summed E-state index contributed by atoms with van der Waals surface area (Å²) in [5.41, 5.74) is 1.60.